The molecule has 10 rings (SSSR count). The van der Waals surface area contributed by atoms with Crippen LogP contribution in [0.2, 0.25) is 0 Å². The maximum absolute atomic E-state index is 5.05. The van der Waals surface area contributed by atoms with Gasteiger partial charge in [0.05, 0.1) is 0 Å². The molecule has 0 aliphatic carbocycles. The van der Waals surface area contributed by atoms with Crippen LogP contribution in [0.5, 0.6) is 0 Å². The summed E-state index contributed by atoms with van der Waals surface area (Å²) in [6.07, 6.45) is 0. The highest BCUT2D eigenvalue weighted by Crippen LogP contribution is 2.39. The second-order valence-corrected chi connectivity index (χ2v) is 13.9. The summed E-state index contributed by atoms with van der Waals surface area (Å²) in [7, 11) is 0. The highest BCUT2D eigenvalue weighted by Gasteiger charge is 2.15. The number of fused-ring (bicyclic) bond motifs is 5. The lowest BCUT2D eigenvalue weighted by Gasteiger charge is -2.09. The largest absolute Gasteiger partial charge is 0.208 e. The zero-order chi connectivity index (χ0) is 33.7. The van der Waals surface area contributed by atoms with Gasteiger partial charge in [-0.15, -0.1) is 11.3 Å². The van der Waals surface area contributed by atoms with Gasteiger partial charge >= 0.3 is 0 Å². The van der Waals surface area contributed by atoms with Gasteiger partial charge in [0.15, 0.2) is 17.5 Å². The van der Waals surface area contributed by atoms with Crippen LogP contribution in [-0.4, -0.2) is 15.0 Å². The zero-order valence-corrected chi connectivity index (χ0v) is 28.3. The zero-order valence-electron chi connectivity index (χ0n) is 27.5. The van der Waals surface area contributed by atoms with Crippen molar-refractivity contribution < 1.29 is 0 Å². The molecule has 0 N–H and O–H groups in total. The van der Waals surface area contributed by atoms with Gasteiger partial charge in [-0.3, -0.25) is 0 Å². The second-order valence-electron chi connectivity index (χ2n) is 12.9. The van der Waals surface area contributed by atoms with Crippen molar-refractivity contribution in [3.05, 3.63) is 176 Å². The van der Waals surface area contributed by atoms with Gasteiger partial charge < -0.3 is 0 Å². The van der Waals surface area contributed by atoms with Crippen molar-refractivity contribution in [1.29, 1.82) is 0 Å². The topological polar surface area (TPSA) is 38.7 Å². The van der Waals surface area contributed by atoms with E-state index in [4.69, 9.17) is 15.0 Å². The van der Waals surface area contributed by atoms with Gasteiger partial charge in [-0.2, -0.15) is 0 Å². The van der Waals surface area contributed by atoms with Crippen molar-refractivity contribution >= 4 is 53.1 Å². The van der Waals surface area contributed by atoms with Crippen LogP contribution in [-0.2, 0) is 0 Å². The second kappa shape index (κ2) is 12.1. The van der Waals surface area contributed by atoms with Crippen LogP contribution >= 0.6 is 11.3 Å². The molecule has 10 aromatic rings. The monoisotopic (exact) mass is 667 g/mol. The minimum absolute atomic E-state index is 0.663. The molecule has 238 valence electrons. The van der Waals surface area contributed by atoms with Crippen molar-refractivity contribution in [3.8, 4) is 56.4 Å². The van der Waals surface area contributed by atoms with Crippen molar-refractivity contribution in [2.45, 2.75) is 0 Å². The van der Waals surface area contributed by atoms with Gasteiger partial charge in [-0.05, 0) is 62.0 Å². The fourth-order valence-corrected chi connectivity index (χ4v) is 8.28. The molecular weight excluding hydrogens is 639 g/mol. The van der Waals surface area contributed by atoms with Gasteiger partial charge in [0.25, 0.3) is 0 Å². The van der Waals surface area contributed by atoms with Gasteiger partial charge in [-0.1, -0.05) is 158 Å². The normalized spacial score (nSPS) is 11.5. The molecule has 3 nitrogen and oxygen atoms in total. The average Bonchev–Trinajstić information content (AvgIpc) is 3.58. The van der Waals surface area contributed by atoms with Crippen LogP contribution in [0.15, 0.2) is 176 Å². The lowest BCUT2D eigenvalue weighted by atomic mass is 9.96. The Balaban J connectivity index is 1.03. The van der Waals surface area contributed by atoms with Crippen LogP contribution in [0, 0.1) is 0 Å². The van der Waals surface area contributed by atoms with Crippen molar-refractivity contribution in [3.63, 3.8) is 0 Å². The number of nitrogens with zero attached hydrogens (tertiary/aromatic N) is 3. The summed E-state index contributed by atoms with van der Waals surface area (Å²) in [5, 5.41) is 7.38. The first-order valence-electron chi connectivity index (χ1n) is 17.1. The van der Waals surface area contributed by atoms with Crippen molar-refractivity contribution in [2.75, 3.05) is 0 Å². The maximum atomic E-state index is 5.05. The first kappa shape index (κ1) is 29.4. The van der Waals surface area contributed by atoms with E-state index >= 15 is 0 Å². The van der Waals surface area contributed by atoms with Crippen molar-refractivity contribution in [2.24, 2.45) is 0 Å². The van der Waals surface area contributed by atoms with Crippen LogP contribution in [0.1, 0.15) is 0 Å². The molecular formula is C47H29N3S. The van der Waals surface area contributed by atoms with E-state index in [1.54, 1.807) is 0 Å². The van der Waals surface area contributed by atoms with Crippen LogP contribution in [0.4, 0.5) is 0 Å². The van der Waals surface area contributed by atoms with E-state index in [-0.39, 0.29) is 0 Å². The molecule has 8 aromatic carbocycles. The molecule has 0 saturated carbocycles. The van der Waals surface area contributed by atoms with E-state index in [2.05, 4.69) is 146 Å². The maximum Gasteiger partial charge on any atom is 0.164 e. The molecule has 2 heterocycles. The molecule has 0 atom stereocenters. The van der Waals surface area contributed by atoms with E-state index in [9.17, 15) is 0 Å². The molecule has 0 unspecified atom stereocenters. The predicted octanol–water partition coefficient (Wildman–Crippen LogP) is 12.9. The van der Waals surface area contributed by atoms with E-state index < -0.39 is 0 Å². The lowest BCUT2D eigenvalue weighted by Crippen LogP contribution is -2.00. The summed E-state index contributed by atoms with van der Waals surface area (Å²) in [5.41, 5.74) is 7.80. The first-order chi connectivity index (χ1) is 25.2. The summed E-state index contributed by atoms with van der Waals surface area (Å²) >= 11 is 1.81. The van der Waals surface area contributed by atoms with Crippen LogP contribution in [0.25, 0.3) is 98.1 Å². The third kappa shape index (κ3) is 5.34. The Labute approximate surface area is 299 Å². The highest BCUT2D eigenvalue weighted by molar-refractivity contribution is 7.25. The number of rotatable bonds is 5. The minimum atomic E-state index is 0.663. The molecule has 0 amide bonds. The van der Waals surface area contributed by atoms with Gasteiger partial charge in [0, 0.05) is 36.9 Å². The van der Waals surface area contributed by atoms with E-state index in [1.807, 2.05) is 41.7 Å². The smallest absolute Gasteiger partial charge is 0.164 e. The quantitative estimate of drug-likeness (QED) is 0.183. The number of aromatic nitrogens is 3. The minimum Gasteiger partial charge on any atom is -0.208 e. The number of benzene rings is 8. The molecule has 0 aliphatic rings. The van der Waals surface area contributed by atoms with Gasteiger partial charge in [-0.25, -0.2) is 15.0 Å². The molecule has 0 aliphatic heterocycles. The summed E-state index contributed by atoms with van der Waals surface area (Å²) in [4.78, 5) is 15.0. The Bertz CT molecular complexity index is 2900. The van der Waals surface area contributed by atoms with Crippen LogP contribution < -0.4 is 0 Å². The van der Waals surface area contributed by atoms with Gasteiger partial charge in [0.1, 0.15) is 0 Å². The third-order valence-electron chi connectivity index (χ3n) is 9.73. The molecule has 0 fully saturated rings. The molecule has 4 heteroatoms. The molecule has 2 aromatic heterocycles. The summed E-state index contributed by atoms with van der Waals surface area (Å²) in [6, 6.07) is 62.4. The standard InChI is InChI=1S/C47H29N3S/c1-2-11-34(12-3-1)45-48-46(37-22-19-30-9-4-5-13-35(30)27-37)50-47(49-45)38-24-26-42-41-25-23-36(28-43(41)51-44(42)29-38)31-17-20-33(21-18-31)40-16-8-14-32-10-6-7-15-39(32)40/h1-29H. The van der Waals surface area contributed by atoms with E-state index in [1.165, 1.54) is 58.6 Å². The SMILES string of the molecule is c1ccc(-c2nc(-c3ccc4ccccc4c3)nc(-c3ccc4c(c3)sc3cc(-c5ccc(-c6cccc7ccccc67)cc5)ccc34)n2)cc1. The molecule has 0 radical (unpaired) electrons. The Hall–Kier alpha value is -6.49. The van der Waals surface area contributed by atoms with Crippen molar-refractivity contribution in [1.82, 2.24) is 15.0 Å². The third-order valence-corrected chi connectivity index (χ3v) is 10.8. The summed E-state index contributed by atoms with van der Waals surface area (Å²) < 4.78 is 2.47. The Morgan fingerprint density at radius 1 is 0.294 bits per heavy atom. The predicted molar refractivity (Wildman–Crippen MR) is 215 cm³/mol. The first-order valence-corrected chi connectivity index (χ1v) is 17.9. The van der Waals surface area contributed by atoms with Gasteiger partial charge in [0.2, 0.25) is 0 Å². The lowest BCUT2D eigenvalue weighted by molar-refractivity contribution is 1.08. The fraction of sp³-hybridized carbons (Fsp3) is 0. The van der Waals surface area contributed by atoms with Crippen LogP contribution in [0.3, 0.4) is 0 Å². The Kier molecular flexibility index (Phi) is 7.00. The van der Waals surface area contributed by atoms with E-state index in [0.29, 0.717) is 17.5 Å². The average molecular weight is 668 g/mol. The molecule has 0 spiro atoms. The Morgan fingerprint density at radius 3 is 1.59 bits per heavy atom. The van der Waals surface area contributed by atoms with E-state index in [0.717, 1.165) is 22.1 Å². The number of hydrogen-bond donors (Lipinski definition) is 0. The summed E-state index contributed by atoms with van der Waals surface area (Å²) in [6.45, 7) is 0. The number of thiophene rings is 1. The molecule has 0 bridgehead atoms. The molecule has 51 heavy (non-hydrogen) atoms. The highest BCUT2D eigenvalue weighted by atomic mass is 32.1. The molecule has 0 saturated heterocycles. The Morgan fingerprint density at radius 2 is 0.824 bits per heavy atom. The number of hydrogen-bond acceptors (Lipinski definition) is 4. The fourth-order valence-electron chi connectivity index (χ4n) is 7.09. The summed E-state index contributed by atoms with van der Waals surface area (Å²) in [5.74, 6) is 1.99.